The number of ketones is 1. The molecule has 0 radical (unpaired) electrons. The normalized spacial score (nSPS) is 15.7. The number of hydrogen-bond acceptors (Lipinski definition) is 4. The van der Waals surface area contributed by atoms with Crippen LogP contribution in [0.2, 0.25) is 0 Å². The number of carbonyl (C=O) groups excluding carboxylic acids is 1. The molecule has 0 aliphatic carbocycles. The van der Waals surface area contributed by atoms with Crippen LogP contribution in [0.4, 0.5) is 10.1 Å². The molecule has 1 heterocycles. The van der Waals surface area contributed by atoms with Crippen molar-refractivity contribution in [3.63, 3.8) is 0 Å². The highest BCUT2D eigenvalue weighted by Crippen LogP contribution is 2.22. The molecular weight excluding hydrogens is 335 g/mol. The zero-order valence-electron chi connectivity index (χ0n) is 14.4. The largest absolute Gasteiger partial charge is 0.303 e. The van der Waals surface area contributed by atoms with Gasteiger partial charge in [0.1, 0.15) is 5.82 Å². The summed E-state index contributed by atoms with van der Waals surface area (Å²) in [5.74, 6) is -0.237. The van der Waals surface area contributed by atoms with Gasteiger partial charge in [-0.1, -0.05) is 12.1 Å². The summed E-state index contributed by atoms with van der Waals surface area (Å²) < 4.78 is 13.0. The summed E-state index contributed by atoms with van der Waals surface area (Å²) in [5, 5.41) is 10.7. The van der Waals surface area contributed by atoms with Crippen LogP contribution in [-0.2, 0) is 6.42 Å². The molecule has 0 N–H and O–H groups in total. The van der Waals surface area contributed by atoms with Crippen LogP contribution in [0.3, 0.4) is 0 Å². The van der Waals surface area contributed by atoms with Crippen molar-refractivity contribution in [1.29, 1.82) is 0 Å². The molecule has 5 nitrogen and oxygen atoms in total. The van der Waals surface area contributed by atoms with Crippen molar-refractivity contribution in [2.45, 2.75) is 19.3 Å². The first-order chi connectivity index (χ1) is 12.5. The first-order valence-electron chi connectivity index (χ1n) is 8.78. The van der Waals surface area contributed by atoms with Gasteiger partial charge in [-0.05, 0) is 62.2 Å². The van der Waals surface area contributed by atoms with Crippen molar-refractivity contribution in [2.75, 3.05) is 19.6 Å². The van der Waals surface area contributed by atoms with Crippen LogP contribution in [0.5, 0.6) is 0 Å². The Morgan fingerprint density at radius 2 is 1.69 bits per heavy atom. The molecule has 2 aromatic carbocycles. The highest BCUT2D eigenvalue weighted by Gasteiger charge is 2.25. The predicted octanol–water partition coefficient (Wildman–Crippen LogP) is 3.87. The van der Waals surface area contributed by atoms with Gasteiger partial charge in [0, 0.05) is 30.2 Å². The van der Waals surface area contributed by atoms with Gasteiger partial charge in [-0.3, -0.25) is 14.9 Å². The van der Waals surface area contributed by atoms with E-state index >= 15 is 0 Å². The minimum Gasteiger partial charge on any atom is -0.303 e. The molecule has 0 atom stereocenters. The highest BCUT2D eigenvalue weighted by atomic mass is 19.1. The Morgan fingerprint density at radius 3 is 2.27 bits per heavy atom. The SMILES string of the molecule is O=C(c1ccc(F)cc1)C1CCN(CCc2ccc([N+](=O)[O-])cc2)CC1. The van der Waals surface area contributed by atoms with Crippen LogP contribution in [0.15, 0.2) is 48.5 Å². The van der Waals surface area contributed by atoms with Gasteiger partial charge in [-0.25, -0.2) is 4.39 Å². The average molecular weight is 356 g/mol. The molecule has 3 rings (SSSR count). The van der Waals surface area contributed by atoms with E-state index in [0.717, 1.165) is 44.5 Å². The minimum atomic E-state index is -0.396. The summed E-state index contributed by atoms with van der Waals surface area (Å²) in [6.07, 6.45) is 2.43. The number of likely N-dealkylation sites (tertiary alicyclic amines) is 1. The van der Waals surface area contributed by atoms with Crippen LogP contribution in [-0.4, -0.2) is 35.2 Å². The number of rotatable bonds is 6. The van der Waals surface area contributed by atoms with Crippen LogP contribution in [0.1, 0.15) is 28.8 Å². The van der Waals surface area contributed by atoms with Crippen molar-refractivity contribution in [2.24, 2.45) is 5.92 Å². The molecule has 0 bridgehead atoms. The van der Waals surface area contributed by atoms with Crippen LogP contribution < -0.4 is 0 Å². The molecule has 26 heavy (non-hydrogen) atoms. The van der Waals surface area contributed by atoms with E-state index < -0.39 is 4.92 Å². The molecule has 0 aromatic heterocycles. The molecule has 2 aromatic rings. The van der Waals surface area contributed by atoms with Gasteiger partial charge in [-0.2, -0.15) is 0 Å². The lowest BCUT2D eigenvalue weighted by atomic mass is 9.89. The quantitative estimate of drug-likeness (QED) is 0.448. The number of halogens is 1. The van der Waals surface area contributed by atoms with Crippen LogP contribution in [0, 0.1) is 21.8 Å². The molecule has 0 amide bonds. The van der Waals surface area contributed by atoms with Crippen molar-refractivity contribution in [1.82, 2.24) is 4.90 Å². The van der Waals surface area contributed by atoms with Gasteiger partial charge in [0.15, 0.2) is 5.78 Å². The second-order valence-electron chi connectivity index (χ2n) is 6.66. The van der Waals surface area contributed by atoms with Gasteiger partial charge < -0.3 is 4.90 Å². The summed E-state index contributed by atoms with van der Waals surface area (Å²) in [6.45, 7) is 2.57. The van der Waals surface area contributed by atoms with Gasteiger partial charge in [0.2, 0.25) is 0 Å². The van der Waals surface area contributed by atoms with E-state index in [1.807, 2.05) is 0 Å². The number of nitro groups is 1. The van der Waals surface area contributed by atoms with Gasteiger partial charge in [0.25, 0.3) is 5.69 Å². The second-order valence-corrected chi connectivity index (χ2v) is 6.66. The molecular formula is C20H21FN2O3. The Bertz CT molecular complexity index is 767. The molecule has 1 fully saturated rings. The zero-order valence-corrected chi connectivity index (χ0v) is 14.4. The maximum Gasteiger partial charge on any atom is 0.269 e. The topological polar surface area (TPSA) is 63.5 Å². The highest BCUT2D eigenvalue weighted by molar-refractivity contribution is 5.97. The maximum absolute atomic E-state index is 13.0. The molecule has 1 aliphatic rings. The molecule has 1 aliphatic heterocycles. The third-order valence-electron chi connectivity index (χ3n) is 4.95. The number of nitrogens with zero attached hydrogens (tertiary/aromatic N) is 2. The minimum absolute atomic E-state index is 0.00362. The van der Waals surface area contributed by atoms with Crippen LogP contribution in [0.25, 0.3) is 0 Å². The Morgan fingerprint density at radius 1 is 1.08 bits per heavy atom. The molecule has 0 unspecified atom stereocenters. The number of non-ortho nitro benzene ring substituents is 1. The lowest BCUT2D eigenvalue weighted by molar-refractivity contribution is -0.384. The number of carbonyl (C=O) groups is 1. The fraction of sp³-hybridized carbons (Fsp3) is 0.350. The van der Waals surface area contributed by atoms with E-state index in [4.69, 9.17) is 0 Å². The first kappa shape index (κ1) is 18.2. The molecule has 0 spiro atoms. The Balaban J connectivity index is 1.47. The Hall–Kier alpha value is -2.60. The first-order valence-corrected chi connectivity index (χ1v) is 8.78. The maximum atomic E-state index is 13.0. The predicted molar refractivity (Wildman–Crippen MR) is 96.7 cm³/mol. The number of hydrogen-bond donors (Lipinski definition) is 0. The standard InChI is InChI=1S/C20H21FN2O3/c21-18-5-3-16(4-6-18)20(24)17-10-13-22(14-11-17)12-9-15-1-7-19(8-2-15)23(25)26/h1-8,17H,9-14H2. The summed E-state index contributed by atoms with van der Waals surface area (Å²) in [4.78, 5) is 25.1. The van der Waals surface area contributed by atoms with E-state index in [0.29, 0.717) is 5.56 Å². The van der Waals surface area contributed by atoms with Crippen molar-refractivity contribution in [3.8, 4) is 0 Å². The van der Waals surface area contributed by atoms with E-state index in [1.54, 1.807) is 24.3 Å². The lowest BCUT2D eigenvalue weighted by Crippen LogP contribution is -2.37. The number of benzene rings is 2. The van der Waals surface area contributed by atoms with E-state index in [1.165, 1.54) is 24.3 Å². The van der Waals surface area contributed by atoms with Crippen LogP contribution >= 0.6 is 0 Å². The molecule has 1 saturated heterocycles. The Kier molecular flexibility index (Phi) is 5.73. The van der Waals surface area contributed by atoms with Gasteiger partial charge in [0.05, 0.1) is 4.92 Å². The summed E-state index contributed by atoms with van der Waals surface area (Å²) in [6, 6.07) is 12.4. The third-order valence-corrected chi connectivity index (χ3v) is 4.95. The summed E-state index contributed by atoms with van der Waals surface area (Å²) in [7, 11) is 0. The molecule has 0 saturated carbocycles. The molecule has 6 heteroatoms. The summed E-state index contributed by atoms with van der Waals surface area (Å²) in [5.41, 5.74) is 1.75. The van der Waals surface area contributed by atoms with E-state index in [9.17, 15) is 19.3 Å². The van der Waals surface area contributed by atoms with Crippen molar-refractivity contribution < 1.29 is 14.1 Å². The number of nitro benzene ring substituents is 1. The van der Waals surface area contributed by atoms with E-state index in [-0.39, 0.29) is 23.2 Å². The third kappa shape index (κ3) is 4.52. The van der Waals surface area contributed by atoms with Crippen molar-refractivity contribution in [3.05, 3.63) is 75.6 Å². The summed E-state index contributed by atoms with van der Waals surface area (Å²) >= 11 is 0. The lowest BCUT2D eigenvalue weighted by Gasteiger charge is -2.31. The smallest absolute Gasteiger partial charge is 0.269 e. The Labute approximate surface area is 151 Å². The monoisotopic (exact) mass is 356 g/mol. The molecule has 136 valence electrons. The fourth-order valence-electron chi connectivity index (χ4n) is 3.34. The van der Waals surface area contributed by atoms with Gasteiger partial charge >= 0.3 is 0 Å². The number of piperidine rings is 1. The second kappa shape index (κ2) is 8.19. The van der Waals surface area contributed by atoms with E-state index in [2.05, 4.69) is 4.90 Å². The number of Topliss-reactive ketones (excluding diaryl/α,β-unsaturated/α-hetero) is 1. The van der Waals surface area contributed by atoms with Gasteiger partial charge in [-0.15, -0.1) is 0 Å². The fourth-order valence-corrected chi connectivity index (χ4v) is 3.34. The average Bonchev–Trinajstić information content (AvgIpc) is 2.67. The zero-order chi connectivity index (χ0) is 18.5. The van der Waals surface area contributed by atoms with Crippen molar-refractivity contribution >= 4 is 11.5 Å².